The molecule has 1 aliphatic carbocycles. The van der Waals surface area contributed by atoms with Gasteiger partial charge in [-0.2, -0.15) is 0 Å². The van der Waals surface area contributed by atoms with Crippen LogP contribution in [0.1, 0.15) is 61.0 Å². The molecule has 5 heteroatoms. The lowest BCUT2D eigenvalue weighted by atomic mass is 10.0. The van der Waals surface area contributed by atoms with E-state index >= 15 is 0 Å². The van der Waals surface area contributed by atoms with E-state index < -0.39 is 6.04 Å². The molecule has 2 aromatic rings. The van der Waals surface area contributed by atoms with Crippen molar-refractivity contribution in [1.29, 1.82) is 0 Å². The number of rotatable bonds is 5. The Hall–Kier alpha value is -2.66. The summed E-state index contributed by atoms with van der Waals surface area (Å²) in [5, 5.41) is 9.18. The van der Waals surface area contributed by atoms with Crippen LogP contribution in [0, 0.1) is 0 Å². The van der Waals surface area contributed by atoms with E-state index in [1.54, 1.807) is 0 Å². The molecule has 0 radical (unpaired) electrons. The summed E-state index contributed by atoms with van der Waals surface area (Å²) in [4.78, 5) is 24.8. The number of carbonyl (C=O) groups excluding carboxylic acids is 2. The van der Waals surface area contributed by atoms with Crippen molar-refractivity contribution in [3.8, 4) is 0 Å². The third-order valence-electron chi connectivity index (χ3n) is 5.36. The second-order valence-electron chi connectivity index (χ2n) is 7.51. The Balaban J connectivity index is 1.39. The average molecular weight is 363 g/mol. The Morgan fingerprint density at radius 3 is 2.41 bits per heavy atom. The van der Waals surface area contributed by atoms with E-state index in [9.17, 15) is 9.59 Å². The number of benzene rings is 2. The maximum Gasteiger partial charge on any atom is 0.238 e. The molecule has 0 spiro atoms. The second-order valence-corrected chi connectivity index (χ2v) is 7.51. The van der Waals surface area contributed by atoms with Gasteiger partial charge in [0.05, 0.1) is 18.5 Å². The third-order valence-corrected chi connectivity index (χ3v) is 5.36. The van der Waals surface area contributed by atoms with Gasteiger partial charge in [0, 0.05) is 0 Å². The normalized spacial score (nSPS) is 23.4. The van der Waals surface area contributed by atoms with Crippen LogP contribution in [0.25, 0.3) is 0 Å². The molecule has 140 valence electrons. The van der Waals surface area contributed by atoms with Crippen LogP contribution in [0.5, 0.6) is 0 Å². The van der Waals surface area contributed by atoms with Crippen molar-refractivity contribution >= 4 is 11.8 Å². The van der Waals surface area contributed by atoms with Gasteiger partial charge in [0.1, 0.15) is 6.17 Å². The summed E-state index contributed by atoms with van der Waals surface area (Å²) >= 11 is 0. The van der Waals surface area contributed by atoms with Gasteiger partial charge < -0.3 is 10.6 Å². The Bertz CT molecular complexity index is 815. The SMILES string of the molecule is C[C@@H](NC(=O)C1CC(=O)NC(c2ccccc2)N1)c1ccc(C2CC2)cc1. The highest BCUT2D eigenvalue weighted by Crippen LogP contribution is 2.40. The first-order valence-electron chi connectivity index (χ1n) is 9.61. The van der Waals surface area contributed by atoms with E-state index in [4.69, 9.17) is 0 Å². The number of carbonyl (C=O) groups is 2. The van der Waals surface area contributed by atoms with Crippen molar-refractivity contribution in [3.05, 3.63) is 71.3 Å². The molecule has 2 aromatic carbocycles. The molecule has 0 aromatic heterocycles. The van der Waals surface area contributed by atoms with Crippen LogP contribution in [-0.4, -0.2) is 17.9 Å². The predicted molar refractivity (Wildman–Crippen MR) is 104 cm³/mol. The Labute approximate surface area is 159 Å². The Morgan fingerprint density at radius 2 is 1.74 bits per heavy atom. The Morgan fingerprint density at radius 1 is 1.04 bits per heavy atom. The summed E-state index contributed by atoms with van der Waals surface area (Å²) < 4.78 is 0. The minimum Gasteiger partial charge on any atom is -0.348 e. The van der Waals surface area contributed by atoms with E-state index in [0.717, 1.165) is 17.0 Å². The highest BCUT2D eigenvalue weighted by Gasteiger charge is 2.32. The standard InChI is InChI=1S/C22H25N3O2/c1-14(15-7-9-16(10-8-15)17-11-12-17)23-22(27)19-13-20(26)25-21(24-19)18-5-3-2-4-6-18/h2-10,14,17,19,21,24H,11-13H2,1H3,(H,23,27)(H,25,26)/t14-,19?,21?/m1/s1. The summed E-state index contributed by atoms with van der Waals surface area (Å²) in [6.45, 7) is 1.97. The van der Waals surface area contributed by atoms with E-state index in [0.29, 0.717) is 0 Å². The van der Waals surface area contributed by atoms with E-state index in [1.165, 1.54) is 18.4 Å². The van der Waals surface area contributed by atoms with Gasteiger partial charge in [-0.3, -0.25) is 14.9 Å². The topological polar surface area (TPSA) is 70.2 Å². The minimum absolute atomic E-state index is 0.104. The van der Waals surface area contributed by atoms with E-state index in [2.05, 4.69) is 40.2 Å². The molecular formula is C22H25N3O2. The Kier molecular flexibility index (Phi) is 4.94. The molecule has 1 heterocycles. The zero-order valence-corrected chi connectivity index (χ0v) is 15.4. The fourth-order valence-electron chi connectivity index (χ4n) is 3.57. The summed E-state index contributed by atoms with van der Waals surface area (Å²) in [6, 6.07) is 17.5. The molecule has 2 amide bonds. The average Bonchev–Trinajstić information content (AvgIpc) is 3.53. The highest BCUT2D eigenvalue weighted by molar-refractivity contribution is 5.89. The number of amides is 2. The van der Waals surface area contributed by atoms with Crippen molar-refractivity contribution in [2.45, 2.75) is 50.4 Å². The molecule has 4 rings (SSSR count). The first-order valence-corrected chi connectivity index (χ1v) is 9.61. The summed E-state index contributed by atoms with van der Waals surface area (Å²) in [5.41, 5.74) is 3.40. The second kappa shape index (κ2) is 7.53. The van der Waals surface area contributed by atoms with Gasteiger partial charge >= 0.3 is 0 Å². The van der Waals surface area contributed by atoms with Crippen molar-refractivity contribution in [2.24, 2.45) is 0 Å². The van der Waals surface area contributed by atoms with Crippen LogP contribution >= 0.6 is 0 Å². The molecule has 3 atom stereocenters. The molecule has 2 unspecified atom stereocenters. The van der Waals surface area contributed by atoms with Gasteiger partial charge in [0.25, 0.3) is 0 Å². The lowest BCUT2D eigenvalue weighted by Crippen LogP contribution is -2.56. The zero-order valence-electron chi connectivity index (χ0n) is 15.4. The first-order chi connectivity index (χ1) is 13.1. The summed E-state index contributed by atoms with van der Waals surface area (Å²) in [5.74, 6) is 0.456. The molecule has 1 aliphatic heterocycles. The summed E-state index contributed by atoms with van der Waals surface area (Å²) in [6.07, 6.45) is 2.35. The smallest absolute Gasteiger partial charge is 0.238 e. The van der Waals surface area contributed by atoms with Crippen LogP contribution in [0.3, 0.4) is 0 Å². The van der Waals surface area contributed by atoms with Crippen molar-refractivity contribution in [3.63, 3.8) is 0 Å². The number of nitrogens with one attached hydrogen (secondary N) is 3. The maximum absolute atomic E-state index is 12.7. The number of hydrogen-bond donors (Lipinski definition) is 3. The lowest BCUT2D eigenvalue weighted by Gasteiger charge is -2.31. The quantitative estimate of drug-likeness (QED) is 0.765. The molecule has 0 bridgehead atoms. The molecule has 27 heavy (non-hydrogen) atoms. The largest absolute Gasteiger partial charge is 0.348 e. The van der Waals surface area contributed by atoms with E-state index in [-0.39, 0.29) is 30.4 Å². The van der Waals surface area contributed by atoms with Gasteiger partial charge in [0.15, 0.2) is 0 Å². The fraction of sp³-hybridized carbons (Fsp3) is 0.364. The number of hydrogen-bond acceptors (Lipinski definition) is 3. The minimum atomic E-state index is -0.544. The van der Waals surface area contributed by atoms with Crippen LogP contribution in [-0.2, 0) is 9.59 Å². The molecular weight excluding hydrogens is 338 g/mol. The summed E-state index contributed by atoms with van der Waals surface area (Å²) in [7, 11) is 0. The molecule has 1 saturated heterocycles. The van der Waals surface area contributed by atoms with Gasteiger partial charge in [-0.1, -0.05) is 54.6 Å². The van der Waals surface area contributed by atoms with E-state index in [1.807, 2.05) is 37.3 Å². The van der Waals surface area contributed by atoms with Crippen LogP contribution < -0.4 is 16.0 Å². The lowest BCUT2D eigenvalue weighted by molar-refractivity contribution is -0.132. The van der Waals surface area contributed by atoms with Crippen LogP contribution in [0.2, 0.25) is 0 Å². The first kappa shape index (κ1) is 17.7. The fourth-order valence-corrected chi connectivity index (χ4v) is 3.57. The molecule has 1 saturated carbocycles. The zero-order chi connectivity index (χ0) is 18.8. The predicted octanol–water partition coefficient (Wildman–Crippen LogP) is 2.92. The maximum atomic E-state index is 12.7. The van der Waals surface area contributed by atoms with Crippen LogP contribution in [0.4, 0.5) is 0 Å². The molecule has 3 N–H and O–H groups in total. The monoisotopic (exact) mass is 363 g/mol. The van der Waals surface area contributed by atoms with Crippen molar-refractivity contribution in [1.82, 2.24) is 16.0 Å². The molecule has 2 aliphatic rings. The van der Waals surface area contributed by atoms with Gasteiger partial charge in [-0.15, -0.1) is 0 Å². The van der Waals surface area contributed by atoms with Gasteiger partial charge in [-0.25, -0.2) is 0 Å². The van der Waals surface area contributed by atoms with Crippen molar-refractivity contribution in [2.75, 3.05) is 0 Å². The van der Waals surface area contributed by atoms with Gasteiger partial charge in [-0.05, 0) is 42.4 Å². The third kappa shape index (κ3) is 4.19. The van der Waals surface area contributed by atoms with Crippen molar-refractivity contribution < 1.29 is 9.59 Å². The van der Waals surface area contributed by atoms with Crippen LogP contribution in [0.15, 0.2) is 54.6 Å². The highest BCUT2D eigenvalue weighted by atomic mass is 16.2. The molecule has 2 fully saturated rings. The van der Waals surface area contributed by atoms with Gasteiger partial charge in [0.2, 0.25) is 11.8 Å². The molecule has 5 nitrogen and oxygen atoms in total.